The highest BCUT2D eigenvalue weighted by Gasteiger charge is 2.14. The maximum atomic E-state index is 11.3. The van der Waals surface area contributed by atoms with Crippen LogP contribution in [0.15, 0.2) is 0 Å². The molecule has 15 heavy (non-hydrogen) atoms. The van der Waals surface area contributed by atoms with E-state index in [0.29, 0.717) is 0 Å². The van der Waals surface area contributed by atoms with Crippen molar-refractivity contribution in [3.63, 3.8) is 0 Å². The van der Waals surface area contributed by atoms with Crippen molar-refractivity contribution >= 4 is 15.7 Å². The van der Waals surface area contributed by atoms with E-state index in [-0.39, 0.29) is 36.6 Å². The summed E-state index contributed by atoms with van der Waals surface area (Å²) < 4.78 is 21.6. The lowest BCUT2D eigenvalue weighted by Crippen LogP contribution is -2.38. The molecule has 0 bridgehead atoms. The zero-order chi connectivity index (χ0) is 12.1. The zero-order valence-corrected chi connectivity index (χ0v) is 10.2. The van der Waals surface area contributed by atoms with E-state index < -0.39 is 9.84 Å². The molecule has 2 unspecified atom stereocenters. The average molecular weight is 237 g/mol. The molecule has 0 heterocycles. The number of hydrogen-bond acceptors (Lipinski definition) is 4. The van der Waals surface area contributed by atoms with Gasteiger partial charge in [0, 0.05) is 25.3 Å². The van der Waals surface area contributed by atoms with E-state index in [0.717, 1.165) is 6.26 Å². The molecular weight excluding hydrogens is 218 g/mol. The predicted octanol–water partition coefficient (Wildman–Crippen LogP) is -0.446. The normalized spacial score (nSPS) is 15.7. The maximum absolute atomic E-state index is 11.3. The lowest BCUT2D eigenvalue weighted by molar-refractivity contribution is -0.121. The second-order valence-electron chi connectivity index (χ2n) is 3.90. The summed E-state index contributed by atoms with van der Waals surface area (Å²) >= 11 is 0. The van der Waals surface area contributed by atoms with Gasteiger partial charge in [-0.05, 0) is 12.8 Å². The van der Waals surface area contributed by atoms with Crippen LogP contribution in [0.3, 0.4) is 0 Å². The predicted molar refractivity (Wildman–Crippen MR) is 58.2 cm³/mol. The number of sulfone groups is 1. The molecule has 2 N–H and O–H groups in total. The number of aliphatic hydroxyl groups excluding tert-OH is 1. The Bertz CT molecular complexity index is 299. The molecule has 0 aromatic heterocycles. The van der Waals surface area contributed by atoms with Crippen molar-refractivity contribution in [2.45, 2.75) is 26.3 Å². The van der Waals surface area contributed by atoms with Gasteiger partial charge in [-0.2, -0.15) is 0 Å². The Morgan fingerprint density at radius 2 is 1.93 bits per heavy atom. The Hall–Kier alpha value is -0.620. The van der Waals surface area contributed by atoms with Gasteiger partial charge >= 0.3 is 0 Å². The first-order chi connectivity index (χ1) is 6.76. The molecule has 90 valence electrons. The molecule has 0 aliphatic rings. The van der Waals surface area contributed by atoms with E-state index in [9.17, 15) is 13.2 Å². The van der Waals surface area contributed by atoms with Crippen LogP contribution in [-0.2, 0) is 14.6 Å². The van der Waals surface area contributed by atoms with Gasteiger partial charge in [0.15, 0.2) is 0 Å². The summed E-state index contributed by atoms with van der Waals surface area (Å²) in [4.78, 5) is 11.3. The Morgan fingerprint density at radius 1 is 1.40 bits per heavy atom. The van der Waals surface area contributed by atoms with E-state index in [1.54, 1.807) is 6.92 Å². The first-order valence-corrected chi connectivity index (χ1v) is 6.90. The van der Waals surface area contributed by atoms with Crippen LogP contribution in [0, 0.1) is 5.92 Å². The monoisotopic (exact) mass is 237 g/mol. The SMILES string of the molecule is CC(CO)C(C)NC(=O)CCS(C)(=O)=O. The third kappa shape index (κ3) is 7.33. The minimum absolute atomic E-state index is 0.00643. The van der Waals surface area contributed by atoms with Gasteiger partial charge < -0.3 is 10.4 Å². The fourth-order valence-corrected chi connectivity index (χ4v) is 1.46. The summed E-state index contributed by atoms with van der Waals surface area (Å²) in [5.74, 6) is -0.473. The molecule has 0 aromatic carbocycles. The van der Waals surface area contributed by atoms with Crippen LogP contribution in [0.1, 0.15) is 20.3 Å². The van der Waals surface area contributed by atoms with Gasteiger partial charge in [-0.25, -0.2) is 8.42 Å². The van der Waals surface area contributed by atoms with E-state index in [4.69, 9.17) is 5.11 Å². The standard InChI is InChI=1S/C9H19NO4S/c1-7(6-11)8(2)10-9(12)4-5-15(3,13)14/h7-8,11H,4-6H2,1-3H3,(H,10,12). The molecule has 0 rings (SSSR count). The maximum Gasteiger partial charge on any atom is 0.221 e. The van der Waals surface area contributed by atoms with Gasteiger partial charge in [0.25, 0.3) is 0 Å². The van der Waals surface area contributed by atoms with Crippen molar-refractivity contribution in [2.24, 2.45) is 5.92 Å². The number of aliphatic hydroxyl groups is 1. The van der Waals surface area contributed by atoms with Crippen molar-refractivity contribution in [3.05, 3.63) is 0 Å². The summed E-state index contributed by atoms with van der Waals surface area (Å²) in [6.45, 7) is 3.58. The van der Waals surface area contributed by atoms with Crippen LogP contribution in [-0.4, -0.2) is 44.1 Å². The number of carbonyl (C=O) groups is 1. The number of nitrogens with one attached hydrogen (secondary N) is 1. The highest BCUT2D eigenvalue weighted by Crippen LogP contribution is 2.01. The molecule has 0 aliphatic heterocycles. The van der Waals surface area contributed by atoms with Gasteiger partial charge in [-0.1, -0.05) is 6.92 Å². The van der Waals surface area contributed by atoms with Crippen LogP contribution < -0.4 is 5.32 Å². The molecule has 6 heteroatoms. The molecule has 0 saturated heterocycles. The van der Waals surface area contributed by atoms with Gasteiger partial charge in [-0.15, -0.1) is 0 Å². The Kier molecular flexibility index (Phi) is 5.82. The first kappa shape index (κ1) is 14.4. The fourth-order valence-electron chi connectivity index (χ4n) is 0.905. The summed E-state index contributed by atoms with van der Waals surface area (Å²) in [6.07, 6.45) is 1.07. The quantitative estimate of drug-likeness (QED) is 0.655. The summed E-state index contributed by atoms with van der Waals surface area (Å²) in [5.41, 5.74) is 0. The van der Waals surface area contributed by atoms with Crippen LogP contribution in [0.5, 0.6) is 0 Å². The summed E-state index contributed by atoms with van der Waals surface area (Å²) in [6, 6.07) is -0.151. The van der Waals surface area contributed by atoms with Crippen molar-refractivity contribution in [1.82, 2.24) is 5.32 Å². The van der Waals surface area contributed by atoms with E-state index in [1.165, 1.54) is 0 Å². The smallest absolute Gasteiger partial charge is 0.221 e. The summed E-state index contributed by atoms with van der Waals surface area (Å²) in [7, 11) is -3.09. The highest BCUT2D eigenvalue weighted by atomic mass is 32.2. The lowest BCUT2D eigenvalue weighted by atomic mass is 10.1. The highest BCUT2D eigenvalue weighted by molar-refractivity contribution is 7.90. The fraction of sp³-hybridized carbons (Fsp3) is 0.889. The summed E-state index contributed by atoms with van der Waals surface area (Å²) in [5, 5.41) is 11.5. The molecule has 0 aliphatic carbocycles. The number of rotatable bonds is 6. The molecule has 0 spiro atoms. The minimum Gasteiger partial charge on any atom is -0.396 e. The number of hydrogen-bond donors (Lipinski definition) is 2. The van der Waals surface area contributed by atoms with Gasteiger partial charge in [0.05, 0.1) is 5.75 Å². The van der Waals surface area contributed by atoms with Crippen molar-refractivity contribution in [2.75, 3.05) is 18.6 Å². The van der Waals surface area contributed by atoms with Crippen molar-refractivity contribution in [3.8, 4) is 0 Å². The van der Waals surface area contributed by atoms with Crippen LogP contribution >= 0.6 is 0 Å². The van der Waals surface area contributed by atoms with Gasteiger partial charge in [-0.3, -0.25) is 4.79 Å². The van der Waals surface area contributed by atoms with Crippen LogP contribution in [0.25, 0.3) is 0 Å². The second kappa shape index (κ2) is 6.07. The minimum atomic E-state index is -3.09. The van der Waals surface area contributed by atoms with E-state index in [1.807, 2.05) is 6.92 Å². The Balaban J connectivity index is 3.94. The molecule has 1 amide bonds. The Labute approximate surface area is 90.8 Å². The molecule has 0 saturated carbocycles. The Morgan fingerprint density at radius 3 is 2.33 bits per heavy atom. The second-order valence-corrected chi connectivity index (χ2v) is 6.16. The third-order valence-corrected chi connectivity index (χ3v) is 3.18. The van der Waals surface area contributed by atoms with Crippen LogP contribution in [0.2, 0.25) is 0 Å². The molecule has 2 atom stereocenters. The first-order valence-electron chi connectivity index (χ1n) is 4.84. The van der Waals surface area contributed by atoms with Crippen molar-refractivity contribution in [1.29, 1.82) is 0 Å². The van der Waals surface area contributed by atoms with Gasteiger partial charge in [0.2, 0.25) is 5.91 Å². The molecule has 0 aromatic rings. The average Bonchev–Trinajstić information content (AvgIpc) is 2.12. The van der Waals surface area contributed by atoms with E-state index in [2.05, 4.69) is 5.32 Å². The largest absolute Gasteiger partial charge is 0.396 e. The molecule has 0 radical (unpaired) electrons. The third-order valence-electron chi connectivity index (χ3n) is 2.23. The molecule has 0 fully saturated rings. The number of carbonyl (C=O) groups excluding carboxylic acids is 1. The lowest BCUT2D eigenvalue weighted by Gasteiger charge is -2.18. The molecule has 5 nitrogen and oxygen atoms in total. The molecular formula is C9H19NO4S. The van der Waals surface area contributed by atoms with Gasteiger partial charge in [0.1, 0.15) is 9.84 Å². The van der Waals surface area contributed by atoms with Crippen molar-refractivity contribution < 1.29 is 18.3 Å². The zero-order valence-electron chi connectivity index (χ0n) is 9.36. The topological polar surface area (TPSA) is 83.5 Å². The van der Waals surface area contributed by atoms with Crippen LogP contribution in [0.4, 0.5) is 0 Å². The van der Waals surface area contributed by atoms with E-state index >= 15 is 0 Å². The number of amides is 1.